The molecular formula is C28H43NO7. The fourth-order valence-electron chi connectivity index (χ4n) is 5.83. The van der Waals surface area contributed by atoms with Gasteiger partial charge in [0.1, 0.15) is 6.10 Å². The summed E-state index contributed by atoms with van der Waals surface area (Å²) < 4.78 is 5.74. The lowest BCUT2D eigenvalue weighted by atomic mass is 9.80. The van der Waals surface area contributed by atoms with Gasteiger partial charge in [-0.2, -0.15) is 5.26 Å². The molecule has 4 N–H and O–H groups in total. The molecule has 0 aromatic heterocycles. The second-order valence-corrected chi connectivity index (χ2v) is 11.1. The molecule has 0 bridgehead atoms. The molecule has 0 aromatic rings. The third kappa shape index (κ3) is 8.16. The summed E-state index contributed by atoms with van der Waals surface area (Å²) in [7, 11) is 0. The molecule has 8 nitrogen and oxygen atoms in total. The van der Waals surface area contributed by atoms with Gasteiger partial charge in [-0.05, 0) is 55.4 Å². The molecule has 202 valence electrons. The van der Waals surface area contributed by atoms with Gasteiger partial charge in [-0.1, -0.05) is 46.3 Å². The van der Waals surface area contributed by atoms with Crippen LogP contribution in [-0.4, -0.2) is 56.8 Å². The van der Waals surface area contributed by atoms with Crippen LogP contribution in [0.1, 0.15) is 72.6 Å². The second kappa shape index (κ2) is 13.9. The average molecular weight is 506 g/mol. The number of carboxylic acids is 1. The lowest BCUT2D eigenvalue weighted by molar-refractivity contribution is -0.159. The smallest absolute Gasteiger partial charge is 0.308 e. The van der Waals surface area contributed by atoms with Gasteiger partial charge in [-0.15, -0.1) is 0 Å². The van der Waals surface area contributed by atoms with Crippen molar-refractivity contribution in [2.24, 2.45) is 35.5 Å². The van der Waals surface area contributed by atoms with Crippen LogP contribution in [0.15, 0.2) is 23.8 Å². The van der Waals surface area contributed by atoms with Crippen LogP contribution in [0.4, 0.5) is 0 Å². The number of carbonyl (C=O) groups is 2. The summed E-state index contributed by atoms with van der Waals surface area (Å²) in [5.41, 5.74) is 0.198. The SMILES string of the molecule is C[C@@H]1C[C@H](C)[C@@H](O)CC(=O)O[C@H]([C@@H]2CCC[C@H]2C(=O)O)C/C=C/C=C(/C#N)[C@H](O)[C@@H](C)C[C@H](C)[C@H]1O. The van der Waals surface area contributed by atoms with E-state index in [4.69, 9.17) is 4.74 Å². The van der Waals surface area contributed by atoms with Crippen LogP contribution in [0.2, 0.25) is 0 Å². The van der Waals surface area contributed by atoms with Crippen LogP contribution in [0.3, 0.4) is 0 Å². The molecule has 0 saturated heterocycles. The molecule has 1 aliphatic heterocycles. The van der Waals surface area contributed by atoms with Gasteiger partial charge >= 0.3 is 11.9 Å². The maximum absolute atomic E-state index is 12.8. The number of carbonyl (C=O) groups excluding carboxylic acids is 1. The number of nitriles is 1. The Morgan fingerprint density at radius 1 is 1.03 bits per heavy atom. The number of ether oxygens (including phenoxy) is 1. The summed E-state index contributed by atoms with van der Waals surface area (Å²) in [5, 5.41) is 51.5. The Morgan fingerprint density at radius 2 is 1.67 bits per heavy atom. The third-order valence-electron chi connectivity index (χ3n) is 8.10. The summed E-state index contributed by atoms with van der Waals surface area (Å²) in [6, 6.07) is 2.05. The Labute approximate surface area is 214 Å². The zero-order chi connectivity index (χ0) is 27.0. The van der Waals surface area contributed by atoms with Crippen molar-refractivity contribution in [3.63, 3.8) is 0 Å². The van der Waals surface area contributed by atoms with Crippen LogP contribution in [0.25, 0.3) is 0 Å². The van der Waals surface area contributed by atoms with E-state index in [1.807, 2.05) is 27.7 Å². The zero-order valence-corrected chi connectivity index (χ0v) is 21.9. The lowest BCUT2D eigenvalue weighted by Gasteiger charge is -2.31. The number of aliphatic carboxylic acids is 1. The highest BCUT2D eigenvalue weighted by Crippen LogP contribution is 2.37. The Morgan fingerprint density at radius 3 is 2.28 bits per heavy atom. The van der Waals surface area contributed by atoms with E-state index in [1.54, 1.807) is 12.2 Å². The van der Waals surface area contributed by atoms with Crippen molar-refractivity contribution in [2.45, 2.75) is 97.1 Å². The van der Waals surface area contributed by atoms with Crippen molar-refractivity contribution in [3.05, 3.63) is 23.8 Å². The van der Waals surface area contributed by atoms with E-state index in [2.05, 4.69) is 6.07 Å². The van der Waals surface area contributed by atoms with E-state index in [0.29, 0.717) is 25.7 Å². The first-order valence-electron chi connectivity index (χ1n) is 13.2. The van der Waals surface area contributed by atoms with E-state index in [1.165, 1.54) is 6.08 Å². The number of nitrogens with zero attached hydrogens (tertiary/aromatic N) is 1. The number of rotatable bonds is 2. The highest BCUT2D eigenvalue weighted by atomic mass is 16.5. The highest BCUT2D eigenvalue weighted by molar-refractivity contribution is 5.72. The van der Waals surface area contributed by atoms with Gasteiger partial charge in [0.15, 0.2) is 0 Å². The first-order chi connectivity index (χ1) is 17.0. The number of aliphatic hydroxyl groups is 3. The number of carboxylic acid groups (broad SMARTS) is 1. The minimum absolute atomic E-state index is 0.136. The monoisotopic (exact) mass is 505 g/mol. The van der Waals surface area contributed by atoms with Crippen molar-refractivity contribution >= 4 is 11.9 Å². The Kier molecular flexibility index (Phi) is 11.6. The number of esters is 1. The van der Waals surface area contributed by atoms with Crippen molar-refractivity contribution < 1.29 is 34.8 Å². The fraction of sp³-hybridized carbons (Fsp3) is 0.750. The maximum Gasteiger partial charge on any atom is 0.308 e. The predicted molar refractivity (Wildman–Crippen MR) is 134 cm³/mol. The lowest BCUT2D eigenvalue weighted by Crippen LogP contribution is -2.35. The molecule has 0 amide bonds. The summed E-state index contributed by atoms with van der Waals surface area (Å²) in [5.74, 6) is -3.23. The van der Waals surface area contributed by atoms with Crippen LogP contribution < -0.4 is 0 Å². The molecule has 10 atom stereocenters. The number of allylic oxidation sites excluding steroid dienone is 2. The first-order valence-corrected chi connectivity index (χ1v) is 13.2. The van der Waals surface area contributed by atoms with Gasteiger partial charge in [0.2, 0.25) is 0 Å². The quantitative estimate of drug-likeness (QED) is 0.416. The summed E-state index contributed by atoms with van der Waals surface area (Å²) in [4.78, 5) is 24.5. The highest BCUT2D eigenvalue weighted by Gasteiger charge is 2.40. The Balaban J connectivity index is 2.34. The topological polar surface area (TPSA) is 148 Å². The average Bonchev–Trinajstić information content (AvgIpc) is 3.32. The standard InChI is InChI=1S/C28H43NO7/c1-16-12-17(2)26(32)18(3)13-19(4)27(33)20(15-29)8-5-6-11-24(36-25(31)14-23(16)30)21-9-7-10-22(21)28(34)35/h5-6,8,16-19,21-24,26-27,30,32-33H,7,9-14H2,1-4H3,(H,34,35)/b6-5+,20-8-/t16-,17+,18-,19-,21+,22+,23-,24-,26-,27+/m0/s1. The molecule has 1 fully saturated rings. The largest absolute Gasteiger partial charge is 0.481 e. The van der Waals surface area contributed by atoms with E-state index in [9.17, 15) is 35.3 Å². The Hall–Kier alpha value is -2.21. The van der Waals surface area contributed by atoms with E-state index >= 15 is 0 Å². The van der Waals surface area contributed by atoms with Crippen LogP contribution in [-0.2, 0) is 14.3 Å². The van der Waals surface area contributed by atoms with Gasteiger partial charge in [0.25, 0.3) is 0 Å². The molecule has 1 aliphatic carbocycles. The summed E-state index contributed by atoms with van der Waals surface area (Å²) >= 11 is 0. The molecule has 1 saturated carbocycles. The molecule has 1 heterocycles. The minimum atomic E-state index is -0.996. The fourth-order valence-corrected chi connectivity index (χ4v) is 5.83. The molecule has 2 rings (SSSR count). The summed E-state index contributed by atoms with van der Waals surface area (Å²) in [6.07, 6.45) is 4.57. The second-order valence-electron chi connectivity index (χ2n) is 11.1. The zero-order valence-electron chi connectivity index (χ0n) is 21.9. The number of hydrogen-bond acceptors (Lipinski definition) is 7. The van der Waals surface area contributed by atoms with Crippen molar-refractivity contribution in [2.75, 3.05) is 0 Å². The van der Waals surface area contributed by atoms with Crippen molar-refractivity contribution in [3.8, 4) is 6.07 Å². The molecule has 36 heavy (non-hydrogen) atoms. The van der Waals surface area contributed by atoms with Crippen LogP contribution >= 0.6 is 0 Å². The number of cyclic esters (lactones) is 1. The number of hydrogen-bond donors (Lipinski definition) is 4. The first kappa shape index (κ1) is 30.0. The third-order valence-corrected chi connectivity index (χ3v) is 8.10. The van der Waals surface area contributed by atoms with Gasteiger partial charge < -0.3 is 25.2 Å². The molecule has 8 heteroatoms. The van der Waals surface area contributed by atoms with Gasteiger partial charge in [-0.3, -0.25) is 9.59 Å². The normalized spacial score (nSPS) is 42.2. The van der Waals surface area contributed by atoms with E-state index in [0.717, 1.165) is 6.42 Å². The van der Waals surface area contributed by atoms with E-state index in [-0.39, 0.29) is 48.0 Å². The predicted octanol–water partition coefficient (Wildman–Crippen LogP) is 3.61. The molecule has 2 aliphatic rings. The number of aliphatic hydroxyl groups excluding tert-OH is 3. The van der Waals surface area contributed by atoms with Crippen molar-refractivity contribution in [1.82, 2.24) is 0 Å². The molecular weight excluding hydrogens is 462 g/mol. The van der Waals surface area contributed by atoms with Gasteiger partial charge in [0.05, 0.1) is 42.3 Å². The maximum atomic E-state index is 12.8. The van der Waals surface area contributed by atoms with Crippen molar-refractivity contribution in [1.29, 1.82) is 5.26 Å². The van der Waals surface area contributed by atoms with Crippen LogP contribution in [0.5, 0.6) is 0 Å². The minimum Gasteiger partial charge on any atom is -0.481 e. The van der Waals surface area contributed by atoms with Crippen LogP contribution in [0, 0.1) is 46.8 Å². The Bertz CT molecular complexity index is 847. The molecule has 0 unspecified atom stereocenters. The molecule has 0 spiro atoms. The van der Waals surface area contributed by atoms with Gasteiger partial charge in [0, 0.05) is 12.3 Å². The van der Waals surface area contributed by atoms with E-state index < -0.39 is 42.3 Å². The molecule has 0 aromatic carbocycles. The summed E-state index contributed by atoms with van der Waals surface area (Å²) in [6.45, 7) is 7.48. The molecule has 0 radical (unpaired) electrons. The van der Waals surface area contributed by atoms with Gasteiger partial charge in [-0.25, -0.2) is 0 Å².